The average molecular weight is 342 g/mol. The van der Waals surface area contributed by atoms with Crippen LogP contribution in [0.4, 0.5) is 0 Å². The first-order valence-electron chi connectivity index (χ1n) is 8.79. The van der Waals surface area contributed by atoms with Crippen LogP contribution in [0.5, 0.6) is 0 Å². The Morgan fingerprint density at radius 1 is 1.24 bits per heavy atom. The summed E-state index contributed by atoms with van der Waals surface area (Å²) in [6.07, 6.45) is 4.86. The Hall–Kier alpha value is -1.88. The molecule has 1 atom stereocenters. The minimum Gasteiger partial charge on any atom is -0.394 e. The Bertz CT molecular complexity index is 638. The lowest BCUT2D eigenvalue weighted by Crippen LogP contribution is -2.48. The minimum absolute atomic E-state index is 0.0445. The third-order valence-corrected chi connectivity index (χ3v) is 4.73. The number of aromatic nitrogens is 1. The fraction of sp³-hybridized carbons (Fsp3) is 0.429. The van der Waals surface area contributed by atoms with Gasteiger partial charge in [-0.2, -0.15) is 0 Å². The van der Waals surface area contributed by atoms with E-state index in [1.54, 1.807) is 7.11 Å². The van der Waals surface area contributed by atoms with E-state index in [4.69, 9.17) is 4.74 Å². The average Bonchev–Trinajstić information content (AvgIpc) is 3.08. The largest absolute Gasteiger partial charge is 0.394 e. The van der Waals surface area contributed by atoms with E-state index >= 15 is 0 Å². The molecule has 4 nitrogen and oxygen atoms in total. The second-order valence-corrected chi connectivity index (χ2v) is 6.60. The number of methoxy groups -OCH3 is 1. The Balaban J connectivity index is 2.15. The number of benzene rings is 1. The Kier molecular flexibility index (Phi) is 7.44. The number of nitrogens with zero attached hydrogens (tertiary/aromatic N) is 2. The number of hydrogen-bond acceptors (Lipinski definition) is 3. The van der Waals surface area contributed by atoms with Gasteiger partial charge in [0.25, 0.3) is 0 Å². The molecule has 0 saturated heterocycles. The van der Waals surface area contributed by atoms with E-state index in [-0.39, 0.29) is 6.61 Å². The summed E-state index contributed by atoms with van der Waals surface area (Å²) in [5.41, 5.74) is 2.05. The zero-order chi connectivity index (χ0) is 18.1. The molecule has 0 unspecified atom stereocenters. The highest BCUT2D eigenvalue weighted by molar-refractivity contribution is 5.18. The molecule has 1 aromatic carbocycles. The lowest BCUT2D eigenvalue weighted by atomic mass is 10.0. The molecular formula is C21H30N2O2. The molecule has 0 aliphatic heterocycles. The third kappa shape index (κ3) is 5.30. The highest BCUT2D eigenvalue weighted by Crippen LogP contribution is 2.21. The number of rotatable bonds is 11. The van der Waals surface area contributed by atoms with Crippen LogP contribution in [-0.2, 0) is 17.8 Å². The Morgan fingerprint density at radius 3 is 2.64 bits per heavy atom. The van der Waals surface area contributed by atoms with Gasteiger partial charge in [-0.25, -0.2) is 0 Å². The smallest absolute Gasteiger partial charge is 0.0648 e. The normalized spacial score (nSPS) is 13.8. The van der Waals surface area contributed by atoms with Gasteiger partial charge in [-0.3, -0.25) is 4.90 Å². The van der Waals surface area contributed by atoms with Crippen LogP contribution in [0.3, 0.4) is 0 Å². The van der Waals surface area contributed by atoms with Gasteiger partial charge in [-0.1, -0.05) is 36.4 Å². The summed E-state index contributed by atoms with van der Waals surface area (Å²) in [5.74, 6) is 0. The van der Waals surface area contributed by atoms with Gasteiger partial charge in [0.2, 0.25) is 0 Å². The fourth-order valence-electron chi connectivity index (χ4n) is 2.93. The van der Waals surface area contributed by atoms with E-state index in [1.807, 2.05) is 19.1 Å². The second kappa shape index (κ2) is 9.56. The van der Waals surface area contributed by atoms with E-state index in [0.717, 1.165) is 26.1 Å². The van der Waals surface area contributed by atoms with Crippen molar-refractivity contribution in [2.75, 3.05) is 26.9 Å². The number of aliphatic hydroxyl groups excluding tert-OH is 1. The summed E-state index contributed by atoms with van der Waals surface area (Å²) in [7, 11) is 1.72. The van der Waals surface area contributed by atoms with Crippen molar-refractivity contribution in [2.24, 2.45) is 0 Å². The molecule has 0 aliphatic rings. The van der Waals surface area contributed by atoms with Crippen molar-refractivity contribution in [2.45, 2.75) is 32.0 Å². The molecule has 0 saturated carbocycles. The Morgan fingerprint density at radius 2 is 2.00 bits per heavy atom. The zero-order valence-electron chi connectivity index (χ0n) is 15.4. The molecule has 4 heteroatoms. The topological polar surface area (TPSA) is 37.6 Å². The van der Waals surface area contributed by atoms with Crippen LogP contribution < -0.4 is 0 Å². The van der Waals surface area contributed by atoms with Gasteiger partial charge in [-0.15, -0.1) is 6.58 Å². The van der Waals surface area contributed by atoms with E-state index in [1.165, 1.54) is 11.3 Å². The Labute approximate surface area is 151 Å². The van der Waals surface area contributed by atoms with Crippen LogP contribution in [0.15, 0.2) is 61.3 Å². The third-order valence-electron chi connectivity index (χ3n) is 4.73. The van der Waals surface area contributed by atoms with Crippen molar-refractivity contribution in [3.05, 3.63) is 72.6 Å². The predicted octanol–water partition coefficient (Wildman–Crippen LogP) is 3.31. The van der Waals surface area contributed by atoms with Crippen molar-refractivity contribution in [1.29, 1.82) is 0 Å². The minimum atomic E-state index is -0.449. The maximum Gasteiger partial charge on any atom is 0.0648 e. The number of hydrogen-bond donors (Lipinski definition) is 1. The molecule has 1 aromatic heterocycles. The van der Waals surface area contributed by atoms with Crippen LogP contribution in [0.2, 0.25) is 0 Å². The predicted molar refractivity (Wildman–Crippen MR) is 103 cm³/mol. The van der Waals surface area contributed by atoms with Gasteiger partial charge in [0.1, 0.15) is 0 Å². The molecule has 2 rings (SSSR count). The molecule has 0 radical (unpaired) electrons. The quantitative estimate of drug-likeness (QED) is 0.503. The first kappa shape index (κ1) is 19.4. The van der Waals surface area contributed by atoms with Crippen molar-refractivity contribution in [3.63, 3.8) is 0 Å². The van der Waals surface area contributed by atoms with Gasteiger partial charge in [0.15, 0.2) is 0 Å². The van der Waals surface area contributed by atoms with Crippen molar-refractivity contribution < 1.29 is 9.84 Å². The van der Waals surface area contributed by atoms with E-state index in [0.29, 0.717) is 6.61 Å². The van der Waals surface area contributed by atoms with Crippen molar-refractivity contribution in [3.8, 4) is 0 Å². The van der Waals surface area contributed by atoms with Crippen LogP contribution >= 0.6 is 0 Å². The van der Waals surface area contributed by atoms with Crippen LogP contribution in [-0.4, -0.2) is 47.0 Å². The molecule has 0 spiro atoms. The highest BCUT2D eigenvalue weighted by Gasteiger charge is 2.28. The fourth-order valence-corrected chi connectivity index (χ4v) is 2.93. The van der Waals surface area contributed by atoms with Gasteiger partial charge in [0, 0.05) is 45.2 Å². The maximum atomic E-state index is 9.89. The zero-order valence-corrected chi connectivity index (χ0v) is 15.4. The molecule has 1 heterocycles. The molecular weight excluding hydrogens is 312 g/mol. The highest BCUT2D eigenvalue weighted by atomic mass is 16.5. The number of aliphatic hydroxyl groups is 1. The van der Waals surface area contributed by atoms with Gasteiger partial charge >= 0.3 is 0 Å². The maximum absolute atomic E-state index is 9.89. The molecule has 25 heavy (non-hydrogen) atoms. The van der Waals surface area contributed by atoms with Gasteiger partial charge in [-0.05, 0) is 31.0 Å². The lowest BCUT2D eigenvalue weighted by Gasteiger charge is -2.38. The summed E-state index contributed by atoms with van der Waals surface area (Å²) in [6, 6.07) is 14.7. The molecule has 136 valence electrons. The van der Waals surface area contributed by atoms with Gasteiger partial charge in [0.05, 0.1) is 12.1 Å². The summed E-state index contributed by atoms with van der Waals surface area (Å²) in [5, 5.41) is 9.89. The SMILES string of the molecule is C=C[C@@](C)(CO)N(CCCOC)Cc1cccn1Cc1ccccc1. The van der Waals surface area contributed by atoms with E-state index in [2.05, 4.69) is 58.6 Å². The molecule has 0 fully saturated rings. The molecule has 0 amide bonds. The number of ether oxygens (including phenoxy) is 1. The molecule has 1 N–H and O–H groups in total. The molecule has 2 aromatic rings. The summed E-state index contributed by atoms with van der Waals surface area (Å²) in [4.78, 5) is 2.27. The summed E-state index contributed by atoms with van der Waals surface area (Å²) < 4.78 is 7.45. The van der Waals surface area contributed by atoms with E-state index in [9.17, 15) is 5.11 Å². The lowest BCUT2D eigenvalue weighted by molar-refractivity contribution is 0.0616. The van der Waals surface area contributed by atoms with Crippen LogP contribution in [0.1, 0.15) is 24.6 Å². The van der Waals surface area contributed by atoms with Crippen molar-refractivity contribution in [1.82, 2.24) is 9.47 Å². The summed E-state index contributed by atoms with van der Waals surface area (Å²) >= 11 is 0. The van der Waals surface area contributed by atoms with E-state index < -0.39 is 5.54 Å². The van der Waals surface area contributed by atoms with Gasteiger partial charge < -0.3 is 14.4 Å². The van der Waals surface area contributed by atoms with Crippen molar-refractivity contribution >= 4 is 0 Å². The van der Waals surface area contributed by atoms with Crippen LogP contribution in [0.25, 0.3) is 0 Å². The standard InChI is InChI=1S/C21H30N2O2/c1-4-21(2,18-24)23(14-9-15-25-3)17-20-12-8-13-22(20)16-19-10-6-5-7-11-19/h4-8,10-13,24H,1,9,14-18H2,2-3H3/t21-/m0/s1. The first-order valence-corrected chi connectivity index (χ1v) is 8.79. The second-order valence-electron chi connectivity index (χ2n) is 6.60. The monoisotopic (exact) mass is 342 g/mol. The van der Waals surface area contributed by atoms with Crippen LogP contribution in [0, 0.1) is 0 Å². The molecule has 0 aliphatic carbocycles. The summed E-state index contributed by atoms with van der Waals surface area (Å²) in [6.45, 7) is 9.15. The molecule has 0 bridgehead atoms. The first-order chi connectivity index (χ1) is 12.1.